The van der Waals surface area contributed by atoms with Crippen LogP contribution in [-0.2, 0) is 4.79 Å². The molecule has 0 aromatic carbocycles. The minimum absolute atomic E-state index is 0. The summed E-state index contributed by atoms with van der Waals surface area (Å²) in [5.41, 5.74) is 0. The highest BCUT2D eigenvalue weighted by Gasteiger charge is 2.07. The van der Waals surface area contributed by atoms with Crippen LogP contribution in [0.2, 0.25) is 0 Å². The van der Waals surface area contributed by atoms with Gasteiger partial charge in [-0.3, -0.25) is 4.79 Å². The maximum atomic E-state index is 11.9. The summed E-state index contributed by atoms with van der Waals surface area (Å²) in [5.74, 6) is 0.494. The average molecular weight is 474 g/mol. The fourth-order valence-electron chi connectivity index (χ4n) is 4.43. The monoisotopic (exact) mass is 473 g/mol. The number of nitrogens with zero attached hydrogens (tertiary/aromatic N) is 1. The van der Waals surface area contributed by atoms with E-state index < -0.39 is 0 Å². The van der Waals surface area contributed by atoms with Crippen molar-refractivity contribution in [2.24, 2.45) is 0 Å². The Morgan fingerprint density at radius 2 is 0.750 bits per heavy atom. The third-order valence-electron chi connectivity index (χ3n) is 6.59. The highest BCUT2D eigenvalue weighted by molar-refractivity contribution is 5.78. The summed E-state index contributed by atoms with van der Waals surface area (Å²) in [7, 11) is 6.67. The molecular weight excluding hydrogens is 414 g/mol. The molecule has 0 aliphatic heterocycles. The van der Waals surface area contributed by atoms with Crippen molar-refractivity contribution >= 4 is 5.78 Å². The number of Topliss-reactive ketones (excluding diaryl/α,β-unsaturated/α-hetero) is 1. The third-order valence-corrected chi connectivity index (χ3v) is 6.59. The molecular formula is C29H60ClNO. The van der Waals surface area contributed by atoms with Crippen molar-refractivity contribution in [1.82, 2.24) is 0 Å². The van der Waals surface area contributed by atoms with Gasteiger partial charge in [-0.25, -0.2) is 0 Å². The van der Waals surface area contributed by atoms with Crippen molar-refractivity contribution in [3.8, 4) is 0 Å². The molecule has 0 unspecified atom stereocenters. The van der Waals surface area contributed by atoms with E-state index in [-0.39, 0.29) is 12.4 Å². The lowest BCUT2D eigenvalue weighted by atomic mass is 10.0. The molecule has 0 fully saturated rings. The zero-order valence-corrected chi connectivity index (χ0v) is 23.5. The van der Waals surface area contributed by atoms with E-state index >= 15 is 0 Å². The normalized spacial score (nSPS) is 11.5. The largest absolute Gasteiger partial charge is 1.00 e. The first kappa shape index (κ1) is 34.1. The molecule has 0 aromatic rings. The Balaban J connectivity index is 0. The maximum absolute atomic E-state index is 11.9. The molecule has 0 bridgehead atoms. The predicted molar refractivity (Wildman–Crippen MR) is 140 cm³/mol. The summed E-state index contributed by atoms with van der Waals surface area (Å²) in [4.78, 5) is 11.9. The van der Waals surface area contributed by atoms with Gasteiger partial charge in [0.2, 0.25) is 0 Å². The Morgan fingerprint density at radius 3 is 1.06 bits per heavy atom. The third kappa shape index (κ3) is 29.9. The summed E-state index contributed by atoms with van der Waals surface area (Å²) < 4.78 is 1.01. The number of rotatable bonds is 25. The summed E-state index contributed by atoms with van der Waals surface area (Å²) in [6.45, 7) is 3.47. The second-order valence-electron chi connectivity index (χ2n) is 11.1. The highest BCUT2D eigenvalue weighted by Crippen LogP contribution is 2.15. The van der Waals surface area contributed by atoms with Crippen LogP contribution in [0.1, 0.15) is 155 Å². The number of quaternary nitrogens is 1. The van der Waals surface area contributed by atoms with Gasteiger partial charge in [0.05, 0.1) is 27.7 Å². The molecule has 3 heteroatoms. The number of hydrogen-bond donors (Lipinski definition) is 0. The van der Waals surface area contributed by atoms with Crippen LogP contribution in [0.15, 0.2) is 0 Å². The lowest BCUT2D eigenvalue weighted by molar-refractivity contribution is -0.870. The van der Waals surface area contributed by atoms with Crippen molar-refractivity contribution in [1.29, 1.82) is 0 Å². The molecule has 0 heterocycles. The molecule has 194 valence electrons. The second-order valence-corrected chi connectivity index (χ2v) is 11.1. The molecule has 0 aliphatic carbocycles. The molecule has 0 spiro atoms. The number of carbonyl (C=O) groups excluding carboxylic acids is 1. The van der Waals surface area contributed by atoms with Gasteiger partial charge in [0.25, 0.3) is 0 Å². The van der Waals surface area contributed by atoms with Crippen LogP contribution < -0.4 is 12.4 Å². The lowest BCUT2D eigenvalue weighted by Crippen LogP contribution is -3.00. The van der Waals surface area contributed by atoms with Gasteiger partial charge < -0.3 is 16.9 Å². The van der Waals surface area contributed by atoms with Gasteiger partial charge in [0, 0.05) is 12.8 Å². The molecule has 0 aliphatic rings. The second kappa shape index (κ2) is 25.5. The Morgan fingerprint density at radius 1 is 0.469 bits per heavy atom. The summed E-state index contributed by atoms with van der Waals surface area (Å²) >= 11 is 0. The number of carbonyl (C=O) groups is 1. The van der Waals surface area contributed by atoms with Crippen molar-refractivity contribution in [3.63, 3.8) is 0 Å². The Labute approximate surface area is 209 Å². The van der Waals surface area contributed by atoms with Gasteiger partial charge in [-0.2, -0.15) is 0 Å². The summed E-state index contributed by atoms with van der Waals surface area (Å²) in [6.07, 6.45) is 30.6. The van der Waals surface area contributed by atoms with Gasteiger partial charge in [-0.1, -0.05) is 122 Å². The van der Waals surface area contributed by atoms with Crippen molar-refractivity contribution in [3.05, 3.63) is 0 Å². The van der Waals surface area contributed by atoms with Gasteiger partial charge in [-0.15, -0.1) is 0 Å². The van der Waals surface area contributed by atoms with E-state index in [1.807, 2.05) is 0 Å². The van der Waals surface area contributed by atoms with Crippen LogP contribution in [0.5, 0.6) is 0 Å². The Bertz CT molecular complexity index is 378. The van der Waals surface area contributed by atoms with Crippen molar-refractivity contribution in [2.45, 2.75) is 155 Å². The predicted octanol–water partition coefficient (Wildman–Crippen LogP) is 6.26. The average Bonchev–Trinajstić information content (AvgIpc) is 2.72. The van der Waals surface area contributed by atoms with Crippen LogP contribution in [0, 0.1) is 0 Å². The smallest absolute Gasteiger partial charge is 0.132 e. The molecule has 2 nitrogen and oxygen atoms in total. The summed E-state index contributed by atoms with van der Waals surface area (Å²) in [6, 6.07) is 0. The van der Waals surface area contributed by atoms with Crippen molar-refractivity contribution < 1.29 is 21.7 Å². The van der Waals surface area contributed by atoms with E-state index in [0.717, 1.165) is 30.2 Å². The van der Waals surface area contributed by atoms with E-state index in [1.165, 1.54) is 129 Å². The minimum Gasteiger partial charge on any atom is -1.00 e. The molecule has 0 saturated heterocycles. The number of halogens is 1. The van der Waals surface area contributed by atoms with E-state index in [4.69, 9.17) is 0 Å². The van der Waals surface area contributed by atoms with Crippen molar-refractivity contribution in [2.75, 3.05) is 27.7 Å². The molecule has 0 amide bonds. The van der Waals surface area contributed by atoms with E-state index in [0.29, 0.717) is 5.78 Å². The number of unbranched alkanes of at least 4 members (excludes halogenated alkanes) is 19. The number of ketones is 1. The van der Waals surface area contributed by atoms with Crippen LogP contribution in [0.3, 0.4) is 0 Å². The molecule has 32 heavy (non-hydrogen) atoms. The first-order chi connectivity index (χ1) is 15.0. The molecule has 0 saturated carbocycles. The van der Waals surface area contributed by atoms with Crippen LogP contribution >= 0.6 is 0 Å². The van der Waals surface area contributed by atoms with Gasteiger partial charge in [0.15, 0.2) is 0 Å². The van der Waals surface area contributed by atoms with E-state index in [2.05, 4.69) is 28.1 Å². The maximum Gasteiger partial charge on any atom is 0.132 e. The Hall–Kier alpha value is -0.0800. The molecule has 0 rings (SSSR count). The quantitative estimate of drug-likeness (QED) is 0.113. The highest BCUT2D eigenvalue weighted by atomic mass is 35.5. The molecule has 0 N–H and O–H groups in total. The molecule has 0 radical (unpaired) electrons. The summed E-state index contributed by atoms with van der Waals surface area (Å²) in [5, 5.41) is 0. The van der Waals surface area contributed by atoms with Gasteiger partial charge >= 0.3 is 0 Å². The Kier molecular flexibility index (Phi) is 27.2. The van der Waals surface area contributed by atoms with E-state index in [9.17, 15) is 4.79 Å². The first-order valence-electron chi connectivity index (χ1n) is 14.3. The topological polar surface area (TPSA) is 17.1 Å². The minimum atomic E-state index is 0. The lowest BCUT2D eigenvalue weighted by Gasteiger charge is -2.23. The van der Waals surface area contributed by atoms with Gasteiger partial charge in [0.1, 0.15) is 5.78 Å². The molecule has 0 aromatic heterocycles. The zero-order chi connectivity index (χ0) is 23.0. The SMILES string of the molecule is CCCCCCCCCCCCCCCCCCCCCC(=O)CCCC[N+](C)(C)C.[Cl-]. The number of hydrogen-bond acceptors (Lipinski definition) is 1. The molecule has 0 atom stereocenters. The van der Waals surface area contributed by atoms with Crippen LogP contribution in [-0.4, -0.2) is 38.0 Å². The van der Waals surface area contributed by atoms with Crippen LogP contribution in [0.4, 0.5) is 0 Å². The fourth-order valence-corrected chi connectivity index (χ4v) is 4.43. The first-order valence-corrected chi connectivity index (χ1v) is 14.3. The zero-order valence-electron chi connectivity index (χ0n) is 22.7. The fraction of sp³-hybridized carbons (Fsp3) is 0.966. The van der Waals surface area contributed by atoms with E-state index in [1.54, 1.807) is 0 Å². The standard InChI is InChI=1S/C29H60NO.ClH/c1-5-6-7-8-9-10-11-12-13-14-15-16-17-18-19-20-21-22-23-26-29(31)27-24-25-28-30(2,3)4;/h5-28H2,1-4H3;1H/q+1;/p-1. The van der Waals surface area contributed by atoms with Crippen LogP contribution in [0.25, 0.3) is 0 Å². The van der Waals surface area contributed by atoms with Gasteiger partial charge in [-0.05, 0) is 19.3 Å².